The fourth-order valence-electron chi connectivity index (χ4n) is 1.28. The van der Waals surface area contributed by atoms with E-state index in [-0.39, 0.29) is 10.8 Å². The van der Waals surface area contributed by atoms with E-state index in [0.29, 0.717) is 25.1 Å². The summed E-state index contributed by atoms with van der Waals surface area (Å²) in [5.41, 5.74) is 0. The first kappa shape index (κ1) is 14.3. The Balaban J connectivity index is 2.34. The van der Waals surface area contributed by atoms with Gasteiger partial charge in [0.25, 0.3) is 0 Å². The van der Waals surface area contributed by atoms with Crippen molar-refractivity contribution in [2.24, 2.45) is 5.92 Å². The first-order chi connectivity index (χ1) is 8.02. The van der Waals surface area contributed by atoms with Gasteiger partial charge in [0.15, 0.2) is 11.6 Å². The Kier molecular flexibility index (Phi) is 5.72. The predicted molar refractivity (Wildman–Crippen MR) is 69.2 cm³/mol. The molecule has 0 heterocycles. The van der Waals surface area contributed by atoms with E-state index in [1.54, 1.807) is 12.1 Å². The van der Waals surface area contributed by atoms with Crippen molar-refractivity contribution in [2.75, 3.05) is 13.2 Å². The molecule has 0 radical (unpaired) electrons. The highest BCUT2D eigenvalue weighted by molar-refractivity contribution is 6.30. The highest BCUT2D eigenvalue weighted by Crippen LogP contribution is 2.23. The van der Waals surface area contributed by atoms with E-state index < -0.39 is 5.82 Å². The number of ether oxygens (including phenoxy) is 1. The monoisotopic (exact) mass is 259 g/mol. The molecule has 1 unspecified atom stereocenters. The van der Waals surface area contributed by atoms with Gasteiger partial charge < -0.3 is 10.1 Å². The van der Waals surface area contributed by atoms with Crippen LogP contribution in [0.25, 0.3) is 0 Å². The summed E-state index contributed by atoms with van der Waals surface area (Å²) >= 11 is 5.65. The smallest absolute Gasteiger partial charge is 0.183 e. The molecule has 4 heteroatoms. The average Bonchev–Trinajstić information content (AvgIpc) is 2.29. The van der Waals surface area contributed by atoms with Crippen LogP contribution in [0.1, 0.15) is 20.8 Å². The molecule has 1 N–H and O–H groups in total. The Bertz CT molecular complexity index is 357. The maximum absolute atomic E-state index is 13.4. The number of benzene rings is 1. The summed E-state index contributed by atoms with van der Waals surface area (Å²) in [5.74, 6) is 0.278. The van der Waals surface area contributed by atoms with Crippen molar-refractivity contribution < 1.29 is 9.13 Å². The fourth-order valence-corrected chi connectivity index (χ4v) is 1.44. The predicted octanol–water partition coefficient (Wildman–Crippen LogP) is 3.49. The molecule has 0 aliphatic rings. The van der Waals surface area contributed by atoms with Crippen LogP contribution in [-0.4, -0.2) is 19.2 Å². The van der Waals surface area contributed by atoms with Crippen molar-refractivity contribution in [1.29, 1.82) is 0 Å². The van der Waals surface area contributed by atoms with Crippen LogP contribution in [0, 0.1) is 11.7 Å². The molecule has 1 aromatic carbocycles. The van der Waals surface area contributed by atoms with Crippen LogP contribution in [0.2, 0.25) is 5.02 Å². The number of nitrogens with one attached hydrogen (secondary N) is 1. The fraction of sp³-hybridized carbons (Fsp3) is 0.538. The zero-order valence-corrected chi connectivity index (χ0v) is 11.2. The van der Waals surface area contributed by atoms with Gasteiger partial charge in [-0.2, -0.15) is 0 Å². The molecule has 0 aliphatic carbocycles. The van der Waals surface area contributed by atoms with Gasteiger partial charge in [0.2, 0.25) is 0 Å². The quantitative estimate of drug-likeness (QED) is 0.790. The molecule has 17 heavy (non-hydrogen) atoms. The molecule has 1 rings (SSSR count). The van der Waals surface area contributed by atoms with Gasteiger partial charge in [-0.1, -0.05) is 31.5 Å². The molecule has 96 valence electrons. The largest absolute Gasteiger partial charge is 0.489 e. The summed E-state index contributed by atoms with van der Waals surface area (Å²) < 4.78 is 18.8. The first-order valence-corrected chi connectivity index (χ1v) is 6.20. The van der Waals surface area contributed by atoms with Crippen molar-refractivity contribution in [3.63, 3.8) is 0 Å². The van der Waals surface area contributed by atoms with Gasteiger partial charge in [0.05, 0.1) is 5.02 Å². The van der Waals surface area contributed by atoms with Crippen molar-refractivity contribution in [3.8, 4) is 5.75 Å². The van der Waals surface area contributed by atoms with Gasteiger partial charge in [-0.25, -0.2) is 4.39 Å². The van der Waals surface area contributed by atoms with Crippen molar-refractivity contribution in [1.82, 2.24) is 5.32 Å². The van der Waals surface area contributed by atoms with Crippen LogP contribution < -0.4 is 10.1 Å². The van der Waals surface area contributed by atoms with Crippen LogP contribution in [0.5, 0.6) is 5.75 Å². The number of hydrogen-bond acceptors (Lipinski definition) is 2. The lowest BCUT2D eigenvalue weighted by molar-refractivity contribution is 0.285. The molecule has 1 atom stereocenters. The van der Waals surface area contributed by atoms with Gasteiger partial charge in [-0.05, 0) is 25.0 Å². The third kappa shape index (κ3) is 4.52. The Morgan fingerprint density at radius 3 is 2.71 bits per heavy atom. The average molecular weight is 260 g/mol. The Labute approximate surface area is 107 Å². The van der Waals surface area contributed by atoms with Crippen LogP contribution in [0.3, 0.4) is 0 Å². The minimum atomic E-state index is -0.494. The molecule has 0 amide bonds. The third-order valence-electron chi connectivity index (χ3n) is 2.74. The maximum Gasteiger partial charge on any atom is 0.183 e. The zero-order chi connectivity index (χ0) is 12.8. The first-order valence-electron chi connectivity index (χ1n) is 5.82. The number of rotatable bonds is 6. The summed E-state index contributed by atoms with van der Waals surface area (Å²) in [6, 6.07) is 5.17. The lowest BCUT2D eigenvalue weighted by atomic mass is 10.1. The van der Waals surface area contributed by atoms with Gasteiger partial charge >= 0.3 is 0 Å². The summed E-state index contributed by atoms with van der Waals surface area (Å²) in [6.07, 6.45) is 0. The van der Waals surface area contributed by atoms with Crippen molar-refractivity contribution >= 4 is 11.6 Å². The molecule has 1 aromatic rings. The van der Waals surface area contributed by atoms with E-state index >= 15 is 0 Å². The Hall–Kier alpha value is -0.800. The van der Waals surface area contributed by atoms with E-state index in [1.165, 1.54) is 6.07 Å². The summed E-state index contributed by atoms with van der Waals surface area (Å²) in [7, 11) is 0. The Morgan fingerprint density at radius 1 is 1.35 bits per heavy atom. The molecule has 0 spiro atoms. The van der Waals surface area contributed by atoms with Gasteiger partial charge in [-0.15, -0.1) is 0 Å². The molecule has 2 nitrogen and oxygen atoms in total. The lowest BCUT2D eigenvalue weighted by Crippen LogP contribution is -2.33. The maximum atomic E-state index is 13.4. The number of hydrogen-bond donors (Lipinski definition) is 1. The van der Waals surface area contributed by atoms with Crippen molar-refractivity contribution in [3.05, 3.63) is 29.0 Å². The van der Waals surface area contributed by atoms with Gasteiger partial charge in [-0.3, -0.25) is 0 Å². The minimum Gasteiger partial charge on any atom is -0.489 e. The van der Waals surface area contributed by atoms with Gasteiger partial charge in [0, 0.05) is 12.6 Å². The summed E-state index contributed by atoms with van der Waals surface area (Å²) in [4.78, 5) is 0. The summed E-state index contributed by atoms with van der Waals surface area (Å²) in [6.45, 7) is 7.52. The molecule has 0 bridgehead atoms. The summed E-state index contributed by atoms with van der Waals surface area (Å²) in [5, 5.41) is 3.39. The van der Waals surface area contributed by atoms with E-state index in [2.05, 4.69) is 26.1 Å². The molecule has 0 aromatic heterocycles. The zero-order valence-electron chi connectivity index (χ0n) is 10.5. The SMILES string of the molecule is CC(C)C(C)NCCOc1cccc(Cl)c1F. The topological polar surface area (TPSA) is 21.3 Å². The second kappa shape index (κ2) is 6.82. The van der Waals surface area contributed by atoms with Crippen LogP contribution in [0.4, 0.5) is 4.39 Å². The molecule has 0 aliphatic heterocycles. The Morgan fingerprint density at radius 2 is 2.06 bits per heavy atom. The highest BCUT2D eigenvalue weighted by Gasteiger charge is 2.08. The van der Waals surface area contributed by atoms with Crippen LogP contribution in [0.15, 0.2) is 18.2 Å². The van der Waals surface area contributed by atoms with Crippen LogP contribution in [-0.2, 0) is 0 Å². The molecular weight excluding hydrogens is 241 g/mol. The van der Waals surface area contributed by atoms with Crippen molar-refractivity contribution in [2.45, 2.75) is 26.8 Å². The molecular formula is C13H19ClFNO. The van der Waals surface area contributed by atoms with E-state index in [0.717, 1.165) is 0 Å². The number of halogens is 2. The second-order valence-electron chi connectivity index (χ2n) is 4.39. The standard InChI is InChI=1S/C13H19ClFNO/c1-9(2)10(3)16-7-8-17-12-6-4-5-11(14)13(12)15/h4-6,9-10,16H,7-8H2,1-3H3. The lowest BCUT2D eigenvalue weighted by Gasteiger charge is -2.17. The second-order valence-corrected chi connectivity index (χ2v) is 4.79. The molecule has 0 fully saturated rings. The third-order valence-corrected chi connectivity index (χ3v) is 3.03. The molecule has 0 saturated heterocycles. The van der Waals surface area contributed by atoms with Crippen LogP contribution >= 0.6 is 11.6 Å². The molecule has 0 saturated carbocycles. The minimum absolute atomic E-state index is 0.0889. The van der Waals surface area contributed by atoms with E-state index in [1.807, 2.05) is 0 Å². The highest BCUT2D eigenvalue weighted by atomic mass is 35.5. The normalized spacial score (nSPS) is 12.8. The van der Waals surface area contributed by atoms with Gasteiger partial charge in [0.1, 0.15) is 6.61 Å². The van der Waals surface area contributed by atoms with E-state index in [4.69, 9.17) is 16.3 Å². The van der Waals surface area contributed by atoms with E-state index in [9.17, 15) is 4.39 Å².